The van der Waals surface area contributed by atoms with Crippen LogP contribution in [0.3, 0.4) is 0 Å². The monoisotopic (exact) mass is 359 g/mol. The van der Waals surface area contributed by atoms with E-state index in [1.54, 1.807) is 20.8 Å². The number of benzene rings is 1. The minimum atomic E-state index is -0.632. The molecule has 1 aromatic heterocycles. The first kappa shape index (κ1) is 19.8. The number of amides is 2. The Morgan fingerprint density at radius 2 is 1.88 bits per heavy atom. The van der Waals surface area contributed by atoms with Gasteiger partial charge in [-0.3, -0.25) is 4.79 Å². The van der Waals surface area contributed by atoms with Gasteiger partial charge in [-0.1, -0.05) is 32.0 Å². The van der Waals surface area contributed by atoms with Crippen molar-refractivity contribution < 1.29 is 14.3 Å². The summed E-state index contributed by atoms with van der Waals surface area (Å²) in [4.78, 5) is 27.7. The Hall–Kier alpha value is -2.50. The molecule has 2 aromatic rings. The highest BCUT2D eigenvalue weighted by Crippen LogP contribution is 2.17. The van der Waals surface area contributed by atoms with Gasteiger partial charge in [-0.05, 0) is 44.7 Å². The molecular weight excluding hydrogens is 330 g/mol. The summed E-state index contributed by atoms with van der Waals surface area (Å²) in [5.74, 6) is -0.249. The van der Waals surface area contributed by atoms with Crippen LogP contribution in [0.2, 0.25) is 0 Å². The van der Waals surface area contributed by atoms with Crippen molar-refractivity contribution >= 4 is 22.9 Å². The molecule has 1 heterocycles. The van der Waals surface area contributed by atoms with Crippen LogP contribution in [-0.2, 0) is 16.0 Å². The predicted octanol–water partition coefficient (Wildman–Crippen LogP) is 3.38. The number of carbonyl (C=O) groups excluding carboxylic acids is 2. The third-order valence-corrected chi connectivity index (χ3v) is 3.99. The van der Waals surface area contributed by atoms with E-state index in [-0.39, 0.29) is 11.8 Å². The van der Waals surface area contributed by atoms with Gasteiger partial charge in [0.25, 0.3) is 0 Å². The van der Waals surface area contributed by atoms with Gasteiger partial charge in [0, 0.05) is 23.6 Å². The SMILES string of the molecule is CC(C)[C@H](NC(=O)OC(C)(C)C)C(=O)NCCc1c[nH]c2ccccc12. The molecule has 0 bridgehead atoms. The molecule has 0 aliphatic rings. The zero-order valence-corrected chi connectivity index (χ0v) is 16.2. The number of para-hydroxylation sites is 1. The molecule has 2 amide bonds. The zero-order valence-electron chi connectivity index (χ0n) is 16.2. The Morgan fingerprint density at radius 1 is 1.19 bits per heavy atom. The molecular formula is C20H29N3O3. The molecule has 0 saturated carbocycles. The number of rotatable bonds is 6. The molecule has 0 fully saturated rings. The van der Waals surface area contributed by atoms with E-state index >= 15 is 0 Å². The maximum atomic E-state index is 12.5. The first-order valence-electron chi connectivity index (χ1n) is 8.99. The molecule has 3 N–H and O–H groups in total. The lowest BCUT2D eigenvalue weighted by Crippen LogP contribution is -2.51. The normalized spacial score (nSPS) is 12.8. The molecule has 0 aliphatic carbocycles. The lowest BCUT2D eigenvalue weighted by atomic mass is 10.0. The van der Waals surface area contributed by atoms with Gasteiger partial charge in [0.05, 0.1) is 0 Å². The van der Waals surface area contributed by atoms with Crippen molar-refractivity contribution in [2.75, 3.05) is 6.54 Å². The first-order valence-corrected chi connectivity index (χ1v) is 8.99. The number of ether oxygens (including phenoxy) is 1. The van der Waals surface area contributed by atoms with Crippen LogP contribution in [-0.4, -0.2) is 35.2 Å². The van der Waals surface area contributed by atoms with E-state index in [0.717, 1.165) is 16.5 Å². The van der Waals surface area contributed by atoms with E-state index < -0.39 is 17.7 Å². The van der Waals surface area contributed by atoms with E-state index in [1.165, 1.54) is 0 Å². The average Bonchev–Trinajstić information content (AvgIpc) is 2.94. The summed E-state index contributed by atoms with van der Waals surface area (Å²) >= 11 is 0. The van der Waals surface area contributed by atoms with Gasteiger partial charge in [0.15, 0.2) is 0 Å². The van der Waals surface area contributed by atoms with Crippen molar-refractivity contribution in [3.63, 3.8) is 0 Å². The molecule has 6 heteroatoms. The van der Waals surface area contributed by atoms with Crippen LogP contribution in [0, 0.1) is 5.92 Å². The second kappa shape index (κ2) is 8.25. The number of H-pyrrole nitrogens is 1. The highest BCUT2D eigenvalue weighted by molar-refractivity contribution is 5.86. The summed E-state index contributed by atoms with van der Waals surface area (Å²) in [7, 11) is 0. The molecule has 0 spiro atoms. The number of aromatic amines is 1. The fourth-order valence-corrected chi connectivity index (χ4v) is 2.74. The van der Waals surface area contributed by atoms with Crippen LogP contribution >= 0.6 is 0 Å². The summed E-state index contributed by atoms with van der Waals surface area (Å²) in [5.41, 5.74) is 1.64. The fourth-order valence-electron chi connectivity index (χ4n) is 2.74. The lowest BCUT2D eigenvalue weighted by Gasteiger charge is -2.25. The van der Waals surface area contributed by atoms with Crippen LogP contribution in [0.15, 0.2) is 30.5 Å². The predicted molar refractivity (Wildman–Crippen MR) is 103 cm³/mol. The largest absolute Gasteiger partial charge is 0.444 e. The van der Waals surface area contributed by atoms with Crippen molar-refractivity contribution in [1.82, 2.24) is 15.6 Å². The molecule has 26 heavy (non-hydrogen) atoms. The van der Waals surface area contributed by atoms with Crippen LogP contribution in [0.1, 0.15) is 40.2 Å². The first-order chi connectivity index (χ1) is 12.2. The summed E-state index contributed by atoms with van der Waals surface area (Å²) < 4.78 is 5.25. The minimum Gasteiger partial charge on any atom is -0.444 e. The number of hydrogen-bond donors (Lipinski definition) is 3. The van der Waals surface area contributed by atoms with E-state index in [2.05, 4.69) is 21.7 Å². The van der Waals surface area contributed by atoms with E-state index in [9.17, 15) is 9.59 Å². The molecule has 1 atom stereocenters. The Balaban J connectivity index is 1.90. The highest BCUT2D eigenvalue weighted by atomic mass is 16.6. The molecule has 2 rings (SSSR count). The van der Waals surface area contributed by atoms with Gasteiger partial charge in [-0.15, -0.1) is 0 Å². The van der Waals surface area contributed by atoms with Crippen molar-refractivity contribution in [3.05, 3.63) is 36.0 Å². The van der Waals surface area contributed by atoms with Crippen molar-refractivity contribution in [3.8, 4) is 0 Å². The van der Waals surface area contributed by atoms with Gasteiger partial charge in [-0.25, -0.2) is 4.79 Å². The van der Waals surface area contributed by atoms with Crippen molar-refractivity contribution in [2.24, 2.45) is 5.92 Å². The molecule has 1 aromatic carbocycles. The highest BCUT2D eigenvalue weighted by Gasteiger charge is 2.26. The van der Waals surface area contributed by atoms with Crippen molar-refractivity contribution in [2.45, 2.75) is 52.7 Å². The van der Waals surface area contributed by atoms with E-state index in [1.807, 2.05) is 38.2 Å². The molecule has 142 valence electrons. The number of hydrogen-bond acceptors (Lipinski definition) is 3. The number of aromatic nitrogens is 1. The zero-order chi connectivity index (χ0) is 19.3. The molecule has 0 unspecified atom stereocenters. The summed E-state index contributed by atoms with van der Waals surface area (Å²) in [6.07, 6.45) is 2.10. The third kappa shape index (κ3) is 5.51. The summed E-state index contributed by atoms with van der Waals surface area (Å²) in [5, 5.41) is 6.74. The average molecular weight is 359 g/mol. The summed E-state index contributed by atoms with van der Waals surface area (Å²) in [6, 6.07) is 7.44. The van der Waals surface area contributed by atoms with E-state index in [4.69, 9.17) is 4.74 Å². The smallest absolute Gasteiger partial charge is 0.408 e. The Bertz CT molecular complexity index is 759. The maximum absolute atomic E-state index is 12.5. The number of nitrogens with one attached hydrogen (secondary N) is 3. The van der Waals surface area contributed by atoms with Crippen molar-refractivity contribution in [1.29, 1.82) is 0 Å². The minimum absolute atomic E-state index is 0.0457. The molecule has 0 aliphatic heterocycles. The second-order valence-electron chi connectivity index (χ2n) is 7.77. The van der Waals surface area contributed by atoms with E-state index in [0.29, 0.717) is 13.0 Å². The summed E-state index contributed by atoms with van der Waals surface area (Å²) in [6.45, 7) is 9.65. The molecule has 6 nitrogen and oxygen atoms in total. The number of alkyl carbamates (subject to hydrolysis) is 1. The van der Waals surface area contributed by atoms with Gasteiger partial charge in [-0.2, -0.15) is 0 Å². The van der Waals surface area contributed by atoms with Crippen LogP contribution < -0.4 is 10.6 Å². The lowest BCUT2D eigenvalue weighted by molar-refractivity contribution is -0.124. The number of carbonyl (C=O) groups is 2. The van der Waals surface area contributed by atoms with Crippen LogP contribution in [0.4, 0.5) is 4.79 Å². The Labute approximate surface area is 154 Å². The Kier molecular flexibility index (Phi) is 6.29. The standard InChI is InChI=1S/C20H29N3O3/c1-13(2)17(23-19(25)26-20(3,4)5)18(24)21-11-10-14-12-22-16-9-7-6-8-15(14)16/h6-9,12-13,17,22H,10-11H2,1-5H3,(H,21,24)(H,23,25)/t17-/m0/s1. The van der Waals surface area contributed by atoms with Crippen LogP contribution in [0.5, 0.6) is 0 Å². The maximum Gasteiger partial charge on any atom is 0.408 e. The van der Waals surface area contributed by atoms with Gasteiger partial charge >= 0.3 is 6.09 Å². The quantitative estimate of drug-likeness (QED) is 0.739. The van der Waals surface area contributed by atoms with Gasteiger partial charge in [0.2, 0.25) is 5.91 Å². The molecule has 0 saturated heterocycles. The topological polar surface area (TPSA) is 83.2 Å². The van der Waals surface area contributed by atoms with Gasteiger partial charge < -0.3 is 20.4 Å². The molecule has 0 radical (unpaired) electrons. The van der Waals surface area contributed by atoms with Crippen LogP contribution in [0.25, 0.3) is 10.9 Å². The second-order valence-corrected chi connectivity index (χ2v) is 7.77. The number of fused-ring (bicyclic) bond motifs is 1. The van der Waals surface area contributed by atoms with Gasteiger partial charge in [0.1, 0.15) is 11.6 Å². The third-order valence-electron chi connectivity index (χ3n) is 3.99. The Morgan fingerprint density at radius 3 is 2.54 bits per heavy atom. The fraction of sp³-hybridized carbons (Fsp3) is 0.500.